The highest BCUT2D eigenvalue weighted by atomic mass is 35.5. The Morgan fingerprint density at radius 3 is 2.05 bits per heavy atom. The summed E-state index contributed by atoms with van der Waals surface area (Å²) in [5.41, 5.74) is 0.219. The summed E-state index contributed by atoms with van der Waals surface area (Å²) in [4.78, 5) is 0. The standard InChI is InChI=1S/C14H28ClNO3/c1-2-3-7-17-9-11-19-12-10-18-8-6-16-14(13-15)4-5-14/h16H,2-13H2,1H3. The Balaban J connectivity index is 1.70. The maximum atomic E-state index is 5.86. The molecule has 1 aliphatic carbocycles. The number of hydrogen-bond acceptors (Lipinski definition) is 4. The lowest BCUT2D eigenvalue weighted by Gasteiger charge is -2.13. The first-order valence-corrected chi connectivity index (χ1v) is 7.91. The molecule has 19 heavy (non-hydrogen) atoms. The van der Waals surface area contributed by atoms with Gasteiger partial charge in [-0.05, 0) is 19.3 Å². The third kappa shape index (κ3) is 8.82. The molecule has 0 spiro atoms. The van der Waals surface area contributed by atoms with Crippen molar-refractivity contribution in [2.24, 2.45) is 0 Å². The van der Waals surface area contributed by atoms with E-state index in [1.54, 1.807) is 0 Å². The molecule has 0 atom stereocenters. The SMILES string of the molecule is CCCCOCCOCCOCCNC1(CCl)CC1. The minimum Gasteiger partial charge on any atom is -0.379 e. The van der Waals surface area contributed by atoms with Gasteiger partial charge in [-0.25, -0.2) is 0 Å². The number of alkyl halides is 1. The second-order valence-electron chi connectivity index (χ2n) is 5.03. The molecule has 0 radical (unpaired) electrons. The van der Waals surface area contributed by atoms with Crippen LogP contribution in [0, 0.1) is 0 Å². The highest BCUT2D eigenvalue weighted by Crippen LogP contribution is 2.35. The van der Waals surface area contributed by atoms with Crippen molar-refractivity contribution in [3.8, 4) is 0 Å². The van der Waals surface area contributed by atoms with Gasteiger partial charge in [0.2, 0.25) is 0 Å². The van der Waals surface area contributed by atoms with Crippen molar-refractivity contribution >= 4 is 11.6 Å². The van der Waals surface area contributed by atoms with E-state index in [-0.39, 0.29) is 5.54 Å². The lowest BCUT2D eigenvalue weighted by atomic mass is 10.3. The third-order valence-corrected chi connectivity index (χ3v) is 3.75. The maximum absolute atomic E-state index is 5.86. The lowest BCUT2D eigenvalue weighted by Crippen LogP contribution is -2.35. The molecule has 5 heteroatoms. The molecule has 0 unspecified atom stereocenters. The number of ether oxygens (including phenoxy) is 3. The first-order valence-electron chi connectivity index (χ1n) is 7.37. The van der Waals surface area contributed by atoms with Gasteiger partial charge in [-0.1, -0.05) is 13.3 Å². The fourth-order valence-electron chi connectivity index (χ4n) is 1.69. The lowest BCUT2D eigenvalue weighted by molar-refractivity contribution is 0.0143. The third-order valence-electron chi connectivity index (χ3n) is 3.24. The van der Waals surface area contributed by atoms with E-state index in [0.29, 0.717) is 32.3 Å². The number of nitrogens with one attached hydrogen (secondary N) is 1. The normalized spacial score (nSPS) is 16.7. The average molecular weight is 294 g/mol. The molecule has 0 aromatic rings. The fourth-order valence-corrected chi connectivity index (χ4v) is 2.05. The van der Waals surface area contributed by atoms with Gasteiger partial charge >= 0.3 is 0 Å². The zero-order valence-corrected chi connectivity index (χ0v) is 12.8. The van der Waals surface area contributed by atoms with E-state index in [2.05, 4.69) is 12.2 Å². The topological polar surface area (TPSA) is 39.7 Å². The first kappa shape index (κ1) is 17.2. The monoisotopic (exact) mass is 293 g/mol. The van der Waals surface area contributed by atoms with Crippen LogP contribution in [-0.2, 0) is 14.2 Å². The van der Waals surface area contributed by atoms with Crippen molar-refractivity contribution in [3.63, 3.8) is 0 Å². The van der Waals surface area contributed by atoms with Crippen LogP contribution in [0.25, 0.3) is 0 Å². The molecule has 0 bridgehead atoms. The summed E-state index contributed by atoms with van der Waals surface area (Å²) in [7, 11) is 0. The van der Waals surface area contributed by atoms with Gasteiger partial charge in [0.05, 0.1) is 33.0 Å². The summed E-state index contributed by atoms with van der Waals surface area (Å²) in [6, 6.07) is 0. The van der Waals surface area contributed by atoms with Crippen molar-refractivity contribution < 1.29 is 14.2 Å². The molecule has 0 saturated heterocycles. The molecule has 114 valence electrons. The Morgan fingerprint density at radius 1 is 0.947 bits per heavy atom. The molecular weight excluding hydrogens is 266 g/mol. The Morgan fingerprint density at radius 2 is 1.53 bits per heavy atom. The predicted octanol–water partition coefficient (Wildman–Crippen LogP) is 2.20. The molecule has 1 rings (SSSR count). The molecule has 1 N–H and O–H groups in total. The first-order chi connectivity index (χ1) is 9.33. The van der Waals surface area contributed by atoms with E-state index >= 15 is 0 Å². The van der Waals surface area contributed by atoms with Crippen LogP contribution in [0.5, 0.6) is 0 Å². The maximum Gasteiger partial charge on any atom is 0.0701 e. The predicted molar refractivity (Wildman–Crippen MR) is 78.1 cm³/mol. The van der Waals surface area contributed by atoms with Gasteiger partial charge in [-0.2, -0.15) is 0 Å². The average Bonchev–Trinajstić information content (AvgIpc) is 3.21. The Labute approximate surface area is 122 Å². The minimum atomic E-state index is 0.219. The van der Waals surface area contributed by atoms with E-state index in [0.717, 1.165) is 26.2 Å². The molecule has 1 saturated carbocycles. The Kier molecular flexibility index (Phi) is 9.82. The van der Waals surface area contributed by atoms with E-state index in [9.17, 15) is 0 Å². The smallest absolute Gasteiger partial charge is 0.0701 e. The summed E-state index contributed by atoms with van der Waals surface area (Å²) >= 11 is 5.86. The van der Waals surface area contributed by atoms with Crippen LogP contribution >= 0.6 is 11.6 Å². The molecule has 1 aliphatic rings. The van der Waals surface area contributed by atoms with Crippen LogP contribution in [-0.4, -0.2) is 57.6 Å². The summed E-state index contributed by atoms with van der Waals surface area (Å²) in [6.07, 6.45) is 4.68. The molecule has 4 nitrogen and oxygen atoms in total. The van der Waals surface area contributed by atoms with Crippen molar-refractivity contribution in [1.82, 2.24) is 5.32 Å². The minimum absolute atomic E-state index is 0.219. The zero-order valence-electron chi connectivity index (χ0n) is 12.1. The number of hydrogen-bond donors (Lipinski definition) is 1. The van der Waals surface area contributed by atoms with Gasteiger partial charge in [0.1, 0.15) is 0 Å². The molecule has 1 fully saturated rings. The molecule has 0 aliphatic heterocycles. The van der Waals surface area contributed by atoms with Crippen LogP contribution in [0.15, 0.2) is 0 Å². The van der Waals surface area contributed by atoms with Crippen molar-refractivity contribution in [3.05, 3.63) is 0 Å². The summed E-state index contributed by atoms with van der Waals surface area (Å²) in [6.45, 7) is 7.19. The second-order valence-corrected chi connectivity index (χ2v) is 5.30. The van der Waals surface area contributed by atoms with Crippen molar-refractivity contribution in [1.29, 1.82) is 0 Å². The van der Waals surface area contributed by atoms with Crippen LogP contribution < -0.4 is 5.32 Å². The van der Waals surface area contributed by atoms with Gasteiger partial charge < -0.3 is 19.5 Å². The van der Waals surface area contributed by atoms with E-state index < -0.39 is 0 Å². The largest absolute Gasteiger partial charge is 0.379 e. The van der Waals surface area contributed by atoms with Gasteiger partial charge in [0.15, 0.2) is 0 Å². The van der Waals surface area contributed by atoms with E-state index in [4.69, 9.17) is 25.8 Å². The van der Waals surface area contributed by atoms with Crippen molar-refractivity contribution in [2.45, 2.75) is 38.1 Å². The highest BCUT2D eigenvalue weighted by molar-refractivity contribution is 6.18. The zero-order chi connectivity index (χ0) is 13.8. The van der Waals surface area contributed by atoms with Gasteiger partial charge in [-0.3, -0.25) is 0 Å². The number of unbranched alkanes of at least 4 members (excludes halogenated alkanes) is 1. The van der Waals surface area contributed by atoms with Crippen LogP contribution in [0.2, 0.25) is 0 Å². The second kappa shape index (κ2) is 10.9. The van der Waals surface area contributed by atoms with Crippen LogP contribution in [0.4, 0.5) is 0 Å². The fraction of sp³-hybridized carbons (Fsp3) is 1.00. The van der Waals surface area contributed by atoms with Crippen molar-refractivity contribution in [2.75, 3.05) is 52.1 Å². The van der Waals surface area contributed by atoms with E-state index in [1.165, 1.54) is 19.3 Å². The van der Waals surface area contributed by atoms with E-state index in [1.807, 2.05) is 0 Å². The Bertz CT molecular complexity index is 213. The molecule has 0 amide bonds. The number of halogens is 1. The Hall–Kier alpha value is 0.130. The summed E-state index contributed by atoms with van der Waals surface area (Å²) < 4.78 is 16.3. The quantitative estimate of drug-likeness (QED) is 0.394. The molecule has 0 aromatic carbocycles. The number of rotatable bonds is 14. The summed E-state index contributed by atoms with van der Waals surface area (Å²) in [5.74, 6) is 0.703. The van der Waals surface area contributed by atoms with Crippen LogP contribution in [0.3, 0.4) is 0 Å². The molecule has 0 aromatic heterocycles. The van der Waals surface area contributed by atoms with Crippen LogP contribution in [0.1, 0.15) is 32.6 Å². The summed E-state index contributed by atoms with van der Waals surface area (Å²) in [5, 5.41) is 3.43. The van der Waals surface area contributed by atoms with Gasteiger partial charge in [0.25, 0.3) is 0 Å². The highest BCUT2D eigenvalue weighted by Gasteiger charge is 2.40. The van der Waals surface area contributed by atoms with Gasteiger partial charge in [-0.15, -0.1) is 11.6 Å². The molecule has 0 heterocycles. The molecular formula is C14H28ClNO3. The van der Waals surface area contributed by atoms with Gasteiger partial charge in [0, 0.05) is 24.6 Å².